The van der Waals surface area contributed by atoms with Crippen molar-refractivity contribution in [2.24, 2.45) is 0 Å². The number of para-hydroxylation sites is 1. The van der Waals surface area contributed by atoms with Gasteiger partial charge in [-0.3, -0.25) is 4.79 Å². The zero-order chi connectivity index (χ0) is 18.2. The van der Waals surface area contributed by atoms with E-state index >= 15 is 0 Å². The van der Waals surface area contributed by atoms with Crippen LogP contribution in [0.4, 0.5) is 0 Å². The number of ether oxygens (including phenoxy) is 1. The number of rotatable bonds is 5. The fourth-order valence-corrected chi connectivity index (χ4v) is 3.58. The zero-order valence-corrected chi connectivity index (χ0v) is 15.8. The first-order valence-corrected chi connectivity index (χ1v) is 9.87. The minimum atomic E-state index is 0.00941. The molecule has 0 atom stereocenters. The van der Waals surface area contributed by atoms with Gasteiger partial charge in [-0.05, 0) is 42.7 Å². The third-order valence-electron chi connectivity index (χ3n) is 4.86. The summed E-state index contributed by atoms with van der Waals surface area (Å²) >= 11 is 6.12. The number of carbonyl (C=O) groups is 1. The Hall–Kier alpha value is -2.00. The van der Waals surface area contributed by atoms with Gasteiger partial charge in [-0.1, -0.05) is 68.0 Å². The first-order chi connectivity index (χ1) is 12.7. The van der Waals surface area contributed by atoms with Crippen molar-refractivity contribution < 1.29 is 9.53 Å². The van der Waals surface area contributed by atoms with Crippen LogP contribution in [-0.4, -0.2) is 11.9 Å². The summed E-state index contributed by atoms with van der Waals surface area (Å²) in [6, 6.07) is 15.3. The van der Waals surface area contributed by atoms with Gasteiger partial charge in [0.15, 0.2) is 0 Å². The Morgan fingerprint density at radius 2 is 1.73 bits per heavy atom. The lowest BCUT2D eigenvalue weighted by Gasteiger charge is -2.21. The third-order valence-corrected chi connectivity index (χ3v) is 5.17. The highest BCUT2D eigenvalue weighted by molar-refractivity contribution is 6.32. The van der Waals surface area contributed by atoms with Gasteiger partial charge in [0.1, 0.15) is 12.4 Å². The van der Waals surface area contributed by atoms with E-state index in [4.69, 9.17) is 16.3 Å². The number of nitrogens with one attached hydrogen (secondary N) is 1. The van der Waals surface area contributed by atoms with Crippen LogP contribution in [-0.2, 0) is 6.61 Å². The molecular weight excluding hydrogens is 346 g/mol. The second-order valence-corrected chi connectivity index (χ2v) is 7.34. The van der Waals surface area contributed by atoms with Gasteiger partial charge in [0.05, 0.1) is 5.02 Å². The lowest BCUT2D eigenvalue weighted by Crippen LogP contribution is -2.35. The number of hydrogen-bond donors (Lipinski definition) is 1. The molecule has 2 aromatic carbocycles. The monoisotopic (exact) mass is 371 g/mol. The van der Waals surface area contributed by atoms with E-state index < -0.39 is 0 Å². The van der Waals surface area contributed by atoms with Gasteiger partial charge in [0.25, 0.3) is 5.91 Å². The summed E-state index contributed by atoms with van der Waals surface area (Å²) in [5, 5.41) is 3.80. The van der Waals surface area contributed by atoms with Crippen molar-refractivity contribution in [2.45, 2.75) is 57.6 Å². The normalized spacial score (nSPS) is 15.7. The predicted molar refractivity (Wildman–Crippen MR) is 106 cm³/mol. The summed E-state index contributed by atoms with van der Waals surface area (Å²) in [6.07, 6.45) is 8.46. The molecule has 4 heteroatoms. The summed E-state index contributed by atoms with van der Waals surface area (Å²) in [4.78, 5) is 12.6. The molecule has 138 valence electrons. The Balaban J connectivity index is 1.59. The molecule has 0 saturated heterocycles. The molecule has 1 fully saturated rings. The maximum Gasteiger partial charge on any atom is 0.251 e. The standard InChI is InChI=1S/C22H26ClNO2/c23-20-13-6-7-14-21(20)26-16-17-9-8-10-18(15-17)22(25)24-19-11-4-2-1-3-5-12-19/h6-10,13-15,19H,1-5,11-12,16H2,(H,24,25). The predicted octanol–water partition coefficient (Wildman–Crippen LogP) is 5.76. The Morgan fingerprint density at radius 3 is 2.50 bits per heavy atom. The minimum absolute atomic E-state index is 0.00941. The van der Waals surface area contributed by atoms with E-state index in [-0.39, 0.29) is 5.91 Å². The van der Waals surface area contributed by atoms with E-state index in [1.165, 1.54) is 32.1 Å². The maximum atomic E-state index is 12.6. The summed E-state index contributed by atoms with van der Waals surface area (Å²) < 4.78 is 5.77. The summed E-state index contributed by atoms with van der Waals surface area (Å²) in [6.45, 7) is 0.383. The Kier molecular flexibility index (Phi) is 6.96. The SMILES string of the molecule is O=C(NC1CCCCCCC1)c1cccc(COc2ccccc2Cl)c1. The summed E-state index contributed by atoms with van der Waals surface area (Å²) in [7, 11) is 0. The molecule has 1 saturated carbocycles. The van der Waals surface area contributed by atoms with E-state index in [2.05, 4.69) is 5.32 Å². The van der Waals surface area contributed by atoms with Crippen molar-refractivity contribution in [3.05, 3.63) is 64.7 Å². The van der Waals surface area contributed by atoms with Crippen molar-refractivity contribution in [2.75, 3.05) is 0 Å². The summed E-state index contributed by atoms with van der Waals surface area (Å²) in [5.41, 5.74) is 1.64. The van der Waals surface area contributed by atoms with E-state index in [1.54, 1.807) is 6.07 Å². The minimum Gasteiger partial charge on any atom is -0.487 e. The smallest absolute Gasteiger partial charge is 0.251 e. The number of amides is 1. The van der Waals surface area contributed by atoms with Gasteiger partial charge in [-0.2, -0.15) is 0 Å². The molecule has 1 N–H and O–H groups in total. The number of hydrogen-bond acceptors (Lipinski definition) is 2. The molecule has 26 heavy (non-hydrogen) atoms. The van der Waals surface area contributed by atoms with Gasteiger partial charge in [-0.15, -0.1) is 0 Å². The van der Waals surface area contributed by atoms with E-state index in [1.807, 2.05) is 42.5 Å². The van der Waals surface area contributed by atoms with Gasteiger partial charge in [0, 0.05) is 11.6 Å². The first-order valence-electron chi connectivity index (χ1n) is 9.49. The van der Waals surface area contributed by atoms with Crippen LogP contribution in [0.2, 0.25) is 5.02 Å². The molecule has 1 aliphatic carbocycles. The number of benzene rings is 2. The quantitative estimate of drug-likeness (QED) is 0.725. The first kappa shape index (κ1) is 18.8. The highest BCUT2D eigenvalue weighted by Gasteiger charge is 2.15. The second-order valence-electron chi connectivity index (χ2n) is 6.93. The molecule has 0 unspecified atom stereocenters. The molecule has 1 amide bonds. The van der Waals surface area contributed by atoms with Crippen LogP contribution >= 0.6 is 11.6 Å². The highest BCUT2D eigenvalue weighted by Crippen LogP contribution is 2.24. The topological polar surface area (TPSA) is 38.3 Å². The van der Waals surface area contributed by atoms with Crippen LogP contribution in [0.1, 0.15) is 60.9 Å². The van der Waals surface area contributed by atoms with E-state index in [0.717, 1.165) is 18.4 Å². The van der Waals surface area contributed by atoms with Crippen LogP contribution in [0.15, 0.2) is 48.5 Å². The molecular formula is C22H26ClNO2. The summed E-state index contributed by atoms with van der Waals surface area (Å²) in [5.74, 6) is 0.661. The average molecular weight is 372 g/mol. The lowest BCUT2D eigenvalue weighted by atomic mass is 9.96. The third kappa shape index (κ3) is 5.50. The average Bonchev–Trinajstić information content (AvgIpc) is 2.63. The van der Waals surface area contributed by atoms with Crippen molar-refractivity contribution in [1.29, 1.82) is 0 Å². The largest absolute Gasteiger partial charge is 0.487 e. The molecule has 0 heterocycles. The molecule has 0 aliphatic heterocycles. The van der Waals surface area contributed by atoms with E-state index in [9.17, 15) is 4.79 Å². The number of halogens is 1. The van der Waals surface area contributed by atoms with Crippen molar-refractivity contribution in [1.82, 2.24) is 5.32 Å². The lowest BCUT2D eigenvalue weighted by molar-refractivity contribution is 0.0930. The van der Waals surface area contributed by atoms with Gasteiger partial charge >= 0.3 is 0 Å². The maximum absolute atomic E-state index is 12.6. The molecule has 0 radical (unpaired) electrons. The molecule has 3 nitrogen and oxygen atoms in total. The van der Waals surface area contributed by atoms with Crippen molar-refractivity contribution in [3.63, 3.8) is 0 Å². The van der Waals surface area contributed by atoms with Crippen LogP contribution < -0.4 is 10.1 Å². The van der Waals surface area contributed by atoms with Crippen LogP contribution in [0, 0.1) is 0 Å². The molecule has 0 spiro atoms. The second kappa shape index (κ2) is 9.63. The van der Waals surface area contributed by atoms with Crippen LogP contribution in [0.5, 0.6) is 5.75 Å². The molecule has 3 rings (SSSR count). The van der Waals surface area contributed by atoms with Gasteiger partial charge < -0.3 is 10.1 Å². The fourth-order valence-electron chi connectivity index (χ4n) is 3.39. The van der Waals surface area contributed by atoms with Crippen molar-refractivity contribution in [3.8, 4) is 5.75 Å². The van der Waals surface area contributed by atoms with Gasteiger partial charge in [0.2, 0.25) is 0 Å². The number of carbonyl (C=O) groups excluding carboxylic acids is 1. The highest BCUT2D eigenvalue weighted by atomic mass is 35.5. The van der Waals surface area contributed by atoms with Gasteiger partial charge in [-0.25, -0.2) is 0 Å². The van der Waals surface area contributed by atoms with Crippen LogP contribution in [0.3, 0.4) is 0 Å². The van der Waals surface area contributed by atoms with Crippen LogP contribution in [0.25, 0.3) is 0 Å². The Labute approximate surface area is 160 Å². The molecule has 2 aromatic rings. The van der Waals surface area contributed by atoms with Crippen molar-refractivity contribution >= 4 is 17.5 Å². The molecule has 0 aromatic heterocycles. The Bertz CT molecular complexity index is 724. The molecule has 0 bridgehead atoms. The Morgan fingerprint density at radius 1 is 1.00 bits per heavy atom. The van der Waals surface area contributed by atoms with E-state index in [0.29, 0.717) is 29.0 Å². The molecule has 1 aliphatic rings. The fraction of sp³-hybridized carbons (Fsp3) is 0.409. The zero-order valence-electron chi connectivity index (χ0n) is 15.0.